The molecule has 1 aromatic carbocycles. The van der Waals surface area contributed by atoms with Gasteiger partial charge in [0.2, 0.25) is 0 Å². The molecular formula is C15H24O. The van der Waals surface area contributed by atoms with Crippen LogP contribution in [0.15, 0.2) is 18.2 Å². The second kappa shape index (κ2) is 4.21. The first-order valence-electron chi connectivity index (χ1n) is 5.91. The number of aliphatic hydroxyl groups excluding tert-OH is 1. The van der Waals surface area contributed by atoms with Crippen LogP contribution in [0.3, 0.4) is 0 Å². The number of hydrogen-bond acceptors (Lipinski definition) is 1. The molecule has 0 aliphatic heterocycles. The minimum atomic E-state index is 0.0827. The number of rotatable bonds is 1. The van der Waals surface area contributed by atoms with E-state index in [4.69, 9.17) is 0 Å². The highest BCUT2D eigenvalue weighted by atomic mass is 16.3. The first-order chi connectivity index (χ1) is 7.16. The van der Waals surface area contributed by atoms with E-state index in [2.05, 4.69) is 59.7 Å². The fourth-order valence-electron chi connectivity index (χ4n) is 1.88. The summed E-state index contributed by atoms with van der Waals surface area (Å²) in [5.74, 6) is 0. The van der Waals surface area contributed by atoms with E-state index in [1.54, 1.807) is 0 Å². The molecule has 1 N–H and O–H groups in total. The smallest absolute Gasteiger partial charge is 0.0684 e. The lowest BCUT2D eigenvalue weighted by atomic mass is 9.78. The molecule has 0 atom stereocenters. The van der Waals surface area contributed by atoms with Crippen molar-refractivity contribution in [1.29, 1.82) is 0 Å². The second-order valence-electron chi connectivity index (χ2n) is 6.53. The van der Waals surface area contributed by atoms with Crippen LogP contribution in [0.1, 0.15) is 58.2 Å². The molecule has 0 radical (unpaired) electrons. The third-order valence-corrected chi connectivity index (χ3v) is 2.95. The van der Waals surface area contributed by atoms with Crippen molar-refractivity contribution in [3.8, 4) is 0 Å². The van der Waals surface area contributed by atoms with Crippen molar-refractivity contribution in [2.45, 2.75) is 59.0 Å². The molecule has 0 heterocycles. The number of hydrogen-bond donors (Lipinski definition) is 1. The molecule has 1 nitrogen and oxygen atoms in total. The van der Waals surface area contributed by atoms with Gasteiger partial charge in [-0.15, -0.1) is 0 Å². The monoisotopic (exact) mass is 220 g/mol. The lowest BCUT2D eigenvalue weighted by molar-refractivity contribution is 0.278. The van der Waals surface area contributed by atoms with Crippen molar-refractivity contribution in [1.82, 2.24) is 0 Å². The molecule has 0 unspecified atom stereocenters. The van der Waals surface area contributed by atoms with Crippen LogP contribution < -0.4 is 0 Å². The minimum Gasteiger partial charge on any atom is -0.392 e. The van der Waals surface area contributed by atoms with Gasteiger partial charge in [-0.3, -0.25) is 0 Å². The second-order valence-corrected chi connectivity index (χ2v) is 6.53. The van der Waals surface area contributed by atoms with Gasteiger partial charge in [-0.05, 0) is 27.5 Å². The van der Waals surface area contributed by atoms with Crippen LogP contribution >= 0.6 is 0 Å². The maximum Gasteiger partial charge on any atom is 0.0684 e. The van der Waals surface area contributed by atoms with Crippen molar-refractivity contribution < 1.29 is 5.11 Å². The average molecular weight is 220 g/mol. The normalized spacial score (nSPS) is 12.9. The molecule has 0 aliphatic rings. The zero-order chi connectivity index (χ0) is 12.6. The topological polar surface area (TPSA) is 20.2 Å². The van der Waals surface area contributed by atoms with Gasteiger partial charge in [-0.25, -0.2) is 0 Å². The Hall–Kier alpha value is -0.820. The lowest BCUT2D eigenvalue weighted by Crippen LogP contribution is -2.18. The van der Waals surface area contributed by atoms with Crippen molar-refractivity contribution in [2.24, 2.45) is 0 Å². The first kappa shape index (κ1) is 13.2. The molecule has 0 saturated heterocycles. The molecule has 0 bridgehead atoms. The third-order valence-electron chi connectivity index (χ3n) is 2.95. The van der Waals surface area contributed by atoms with Crippen molar-refractivity contribution in [2.75, 3.05) is 0 Å². The van der Waals surface area contributed by atoms with Crippen LogP contribution in [0, 0.1) is 0 Å². The fraction of sp³-hybridized carbons (Fsp3) is 0.600. The van der Waals surface area contributed by atoms with Crippen LogP contribution in [0.2, 0.25) is 0 Å². The van der Waals surface area contributed by atoms with Gasteiger partial charge in [-0.1, -0.05) is 59.7 Å². The first-order valence-corrected chi connectivity index (χ1v) is 5.91. The summed E-state index contributed by atoms with van der Waals surface area (Å²) in [4.78, 5) is 0. The van der Waals surface area contributed by atoms with E-state index in [1.165, 1.54) is 11.1 Å². The van der Waals surface area contributed by atoms with Crippen LogP contribution in [-0.4, -0.2) is 5.11 Å². The summed E-state index contributed by atoms with van der Waals surface area (Å²) in [7, 11) is 0. The molecule has 1 heteroatoms. The SMILES string of the molecule is CC(C)(C)c1ccc(CO)c(C(C)(C)C)c1. The summed E-state index contributed by atoms with van der Waals surface area (Å²) in [5.41, 5.74) is 3.87. The van der Waals surface area contributed by atoms with Gasteiger partial charge in [0, 0.05) is 0 Å². The Balaban J connectivity index is 3.34. The summed E-state index contributed by atoms with van der Waals surface area (Å²) < 4.78 is 0. The molecule has 16 heavy (non-hydrogen) atoms. The number of aliphatic hydroxyl groups is 1. The Morgan fingerprint density at radius 2 is 1.50 bits per heavy atom. The van der Waals surface area contributed by atoms with Crippen molar-refractivity contribution in [3.05, 3.63) is 34.9 Å². The standard InChI is InChI=1S/C15H24O/c1-14(2,3)12-8-7-11(10-16)13(9-12)15(4,5)6/h7-9,16H,10H2,1-6H3. The molecule has 90 valence electrons. The molecule has 0 amide bonds. The largest absolute Gasteiger partial charge is 0.392 e. The minimum absolute atomic E-state index is 0.0827. The van der Waals surface area contributed by atoms with Gasteiger partial charge in [0.05, 0.1) is 6.61 Å². The summed E-state index contributed by atoms with van der Waals surface area (Å²) in [5, 5.41) is 9.38. The van der Waals surface area contributed by atoms with E-state index in [1.807, 2.05) is 0 Å². The van der Waals surface area contributed by atoms with E-state index in [0.29, 0.717) is 0 Å². The quantitative estimate of drug-likeness (QED) is 0.763. The molecule has 0 saturated carbocycles. The van der Waals surface area contributed by atoms with E-state index < -0.39 is 0 Å². The van der Waals surface area contributed by atoms with Crippen LogP contribution in [-0.2, 0) is 17.4 Å². The Labute approximate surface area is 99.5 Å². The zero-order valence-corrected chi connectivity index (χ0v) is 11.4. The Bertz CT molecular complexity index is 364. The molecule has 0 spiro atoms. The summed E-state index contributed by atoms with van der Waals surface area (Å²) in [6, 6.07) is 6.42. The maximum absolute atomic E-state index is 9.38. The van der Waals surface area contributed by atoms with Crippen LogP contribution in [0.4, 0.5) is 0 Å². The van der Waals surface area contributed by atoms with Gasteiger partial charge in [0.1, 0.15) is 0 Å². The predicted molar refractivity (Wildman–Crippen MR) is 69.8 cm³/mol. The molecular weight excluding hydrogens is 196 g/mol. The molecule has 1 aromatic rings. The highest BCUT2D eigenvalue weighted by molar-refractivity contribution is 5.38. The van der Waals surface area contributed by atoms with E-state index in [-0.39, 0.29) is 17.4 Å². The maximum atomic E-state index is 9.38. The molecule has 0 aliphatic carbocycles. The van der Waals surface area contributed by atoms with Crippen molar-refractivity contribution in [3.63, 3.8) is 0 Å². The summed E-state index contributed by atoms with van der Waals surface area (Å²) in [6.07, 6.45) is 0. The van der Waals surface area contributed by atoms with E-state index in [9.17, 15) is 5.11 Å². The van der Waals surface area contributed by atoms with Gasteiger partial charge < -0.3 is 5.11 Å². The van der Waals surface area contributed by atoms with Gasteiger partial charge in [-0.2, -0.15) is 0 Å². The Kier molecular flexibility index (Phi) is 3.49. The third kappa shape index (κ3) is 2.85. The Morgan fingerprint density at radius 3 is 1.88 bits per heavy atom. The Morgan fingerprint density at radius 1 is 0.938 bits per heavy atom. The van der Waals surface area contributed by atoms with Crippen molar-refractivity contribution >= 4 is 0 Å². The highest BCUT2D eigenvalue weighted by Gasteiger charge is 2.21. The summed E-state index contributed by atoms with van der Waals surface area (Å²) in [6.45, 7) is 13.3. The molecule has 1 rings (SSSR count). The zero-order valence-electron chi connectivity index (χ0n) is 11.4. The van der Waals surface area contributed by atoms with Gasteiger partial charge in [0.15, 0.2) is 0 Å². The molecule has 0 aromatic heterocycles. The fourth-order valence-corrected chi connectivity index (χ4v) is 1.88. The van der Waals surface area contributed by atoms with Crippen LogP contribution in [0.5, 0.6) is 0 Å². The lowest BCUT2D eigenvalue weighted by Gasteiger charge is -2.27. The molecule has 0 fully saturated rings. The highest BCUT2D eigenvalue weighted by Crippen LogP contribution is 2.31. The van der Waals surface area contributed by atoms with E-state index >= 15 is 0 Å². The van der Waals surface area contributed by atoms with Gasteiger partial charge in [0.25, 0.3) is 0 Å². The average Bonchev–Trinajstić information content (AvgIpc) is 2.14. The van der Waals surface area contributed by atoms with Crippen LogP contribution in [0.25, 0.3) is 0 Å². The van der Waals surface area contributed by atoms with E-state index in [0.717, 1.165) is 5.56 Å². The van der Waals surface area contributed by atoms with Gasteiger partial charge >= 0.3 is 0 Å². The number of benzene rings is 1. The predicted octanol–water partition coefficient (Wildman–Crippen LogP) is 3.77. The summed E-state index contributed by atoms with van der Waals surface area (Å²) >= 11 is 0.